The maximum absolute atomic E-state index is 10.5. The lowest BCUT2D eigenvalue weighted by Crippen LogP contribution is -2.08. The Morgan fingerprint density at radius 1 is 1.64 bits per heavy atom. The third-order valence-electron chi connectivity index (χ3n) is 1.29. The van der Waals surface area contributed by atoms with Crippen LogP contribution in [0.2, 0.25) is 0 Å². The van der Waals surface area contributed by atoms with Crippen molar-refractivity contribution in [2.75, 3.05) is 0 Å². The van der Waals surface area contributed by atoms with E-state index in [1.54, 1.807) is 6.92 Å². The Kier molecular flexibility index (Phi) is 2.10. The van der Waals surface area contributed by atoms with Crippen molar-refractivity contribution in [3.8, 4) is 0 Å². The number of hydrogen-bond acceptors (Lipinski definition) is 4. The van der Waals surface area contributed by atoms with Crippen LogP contribution in [0.15, 0.2) is 22.1 Å². The van der Waals surface area contributed by atoms with Gasteiger partial charge in [-0.3, -0.25) is 4.79 Å². The van der Waals surface area contributed by atoms with Crippen LogP contribution in [-0.2, 0) is 0 Å². The van der Waals surface area contributed by atoms with Crippen molar-refractivity contribution in [2.24, 2.45) is 5.18 Å². The fraction of sp³-hybridized carbons (Fsp3) is 0.333. The molecule has 1 rings (SSSR count). The molecule has 0 spiro atoms. The maximum atomic E-state index is 10.5. The smallest absolute Gasteiger partial charge is 0.264 e. The molecule has 0 saturated carbocycles. The first-order chi connectivity index (χ1) is 5.24. The Hall–Kier alpha value is -1.52. The van der Waals surface area contributed by atoms with Gasteiger partial charge >= 0.3 is 0 Å². The van der Waals surface area contributed by atoms with E-state index in [2.05, 4.69) is 15.4 Å². The van der Waals surface area contributed by atoms with Gasteiger partial charge in [0.15, 0.2) is 0 Å². The zero-order valence-corrected chi connectivity index (χ0v) is 5.94. The van der Waals surface area contributed by atoms with Crippen LogP contribution in [0.1, 0.15) is 18.7 Å². The Bertz CT molecular complexity index is 286. The molecule has 0 aliphatic rings. The Labute approximate surface area is 62.4 Å². The summed E-state index contributed by atoms with van der Waals surface area (Å²) in [5.74, 6) is 0. The SMILES string of the molecule is CC(N=O)c1ccc(=O)[nH]n1. The largest absolute Gasteiger partial charge is 0.268 e. The van der Waals surface area contributed by atoms with E-state index >= 15 is 0 Å². The van der Waals surface area contributed by atoms with Crippen LogP contribution in [-0.4, -0.2) is 10.2 Å². The van der Waals surface area contributed by atoms with Crippen molar-refractivity contribution in [3.63, 3.8) is 0 Å². The molecule has 58 valence electrons. The molecule has 1 atom stereocenters. The van der Waals surface area contributed by atoms with Gasteiger partial charge in [-0.25, -0.2) is 5.10 Å². The molecule has 1 heterocycles. The van der Waals surface area contributed by atoms with Crippen LogP contribution in [0.5, 0.6) is 0 Å². The monoisotopic (exact) mass is 153 g/mol. The predicted molar refractivity (Wildman–Crippen MR) is 39.1 cm³/mol. The van der Waals surface area contributed by atoms with Crippen LogP contribution in [0.4, 0.5) is 0 Å². The summed E-state index contributed by atoms with van der Waals surface area (Å²) >= 11 is 0. The van der Waals surface area contributed by atoms with Gasteiger partial charge in [0, 0.05) is 6.07 Å². The van der Waals surface area contributed by atoms with Crippen LogP contribution in [0.3, 0.4) is 0 Å². The zero-order chi connectivity index (χ0) is 8.27. The summed E-state index contributed by atoms with van der Waals surface area (Å²) in [5, 5.41) is 8.58. The van der Waals surface area contributed by atoms with Crippen molar-refractivity contribution in [1.29, 1.82) is 0 Å². The van der Waals surface area contributed by atoms with Crippen molar-refractivity contribution in [2.45, 2.75) is 13.0 Å². The van der Waals surface area contributed by atoms with Gasteiger partial charge in [0.25, 0.3) is 5.56 Å². The average Bonchev–Trinajstić information content (AvgIpc) is 2.05. The second-order valence-electron chi connectivity index (χ2n) is 2.13. The number of hydrogen-bond donors (Lipinski definition) is 1. The molecule has 0 radical (unpaired) electrons. The molecule has 1 aromatic heterocycles. The first kappa shape index (κ1) is 7.59. The zero-order valence-electron chi connectivity index (χ0n) is 5.94. The summed E-state index contributed by atoms with van der Waals surface area (Å²) in [7, 11) is 0. The molecule has 1 aromatic rings. The topological polar surface area (TPSA) is 75.2 Å². The molecule has 0 aliphatic carbocycles. The summed E-state index contributed by atoms with van der Waals surface area (Å²) in [6.07, 6.45) is 0. The van der Waals surface area contributed by atoms with E-state index in [0.717, 1.165) is 0 Å². The second kappa shape index (κ2) is 3.05. The third kappa shape index (κ3) is 1.70. The molecule has 11 heavy (non-hydrogen) atoms. The summed E-state index contributed by atoms with van der Waals surface area (Å²) in [5.41, 5.74) is 0.187. The van der Waals surface area contributed by atoms with Crippen molar-refractivity contribution in [3.05, 3.63) is 33.1 Å². The fourth-order valence-corrected chi connectivity index (χ4v) is 0.642. The number of aromatic nitrogens is 2. The highest BCUT2D eigenvalue weighted by molar-refractivity contribution is 5.03. The number of nitroso groups, excluding NO2 is 1. The predicted octanol–water partition coefficient (Wildman–Crippen LogP) is 0.597. The molecule has 0 amide bonds. The molecule has 0 bridgehead atoms. The summed E-state index contributed by atoms with van der Waals surface area (Å²) in [6, 6.07) is 2.28. The van der Waals surface area contributed by atoms with Gasteiger partial charge in [0.1, 0.15) is 6.04 Å². The van der Waals surface area contributed by atoms with Gasteiger partial charge in [-0.05, 0) is 13.0 Å². The van der Waals surface area contributed by atoms with Crippen LogP contribution < -0.4 is 5.56 Å². The van der Waals surface area contributed by atoms with E-state index in [4.69, 9.17) is 0 Å². The first-order valence-corrected chi connectivity index (χ1v) is 3.12. The number of H-pyrrole nitrogens is 1. The molecule has 0 aliphatic heterocycles. The van der Waals surface area contributed by atoms with E-state index < -0.39 is 6.04 Å². The molecule has 0 fully saturated rings. The molecule has 5 heteroatoms. The van der Waals surface area contributed by atoms with Gasteiger partial charge in [-0.15, -0.1) is 0 Å². The minimum Gasteiger partial charge on any atom is -0.268 e. The lowest BCUT2D eigenvalue weighted by atomic mass is 10.2. The second-order valence-corrected chi connectivity index (χ2v) is 2.13. The average molecular weight is 153 g/mol. The number of nitrogens with zero attached hydrogens (tertiary/aromatic N) is 2. The van der Waals surface area contributed by atoms with Gasteiger partial charge in [0.2, 0.25) is 0 Å². The fourth-order valence-electron chi connectivity index (χ4n) is 0.642. The van der Waals surface area contributed by atoms with E-state index in [-0.39, 0.29) is 5.56 Å². The standard InChI is InChI=1S/C6H7N3O2/c1-4(9-11)5-2-3-6(10)8-7-5/h2-4H,1H3,(H,8,10). The van der Waals surface area contributed by atoms with E-state index in [1.165, 1.54) is 12.1 Å². The highest BCUT2D eigenvalue weighted by atomic mass is 16.3. The van der Waals surface area contributed by atoms with Crippen LogP contribution in [0, 0.1) is 4.91 Å². The van der Waals surface area contributed by atoms with E-state index in [1.807, 2.05) is 0 Å². The van der Waals surface area contributed by atoms with Crippen molar-refractivity contribution < 1.29 is 0 Å². The molecule has 1 unspecified atom stereocenters. The molecule has 0 saturated heterocycles. The van der Waals surface area contributed by atoms with Gasteiger partial charge in [-0.1, -0.05) is 5.18 Å². The number of aromatic amines is 1. The maximum Gasteiger partial charge on any atom is 0.264 e. The highest BCUT2D eigenvalue weighted by Gasteiger charge is 2.04. The molecule has 0 aromatic carbocycles. The minimum atomic E-state index is -0.508. The molecular weight excluding hydrogens is 146 g/mol. The normalized spacial score (nSPS) is 12.5. The number of nitrogens with one attached hydrogen (secondary N) is 1. The molecule has 5 nitrogen and oxygen atoms in total. The minimum absolute atomic E-state index is 0.285. The van der Waals surface area contributed by atoms with Gasteiger partial charge in [0.05, 0.1) is 5.69 Å². The van der Waals surface area contributed by atoms with E-state index in [0.29, 0.717) is 5.69 Å². The Morgan fingerprint density at radius 2 is 2.36 bits per heavy atom. The molecule has 1 N–H and O–H groups in total. The van der Waals surface area contributed by atoms with Crippen molar-refractivity contribution in [1.82, 2.24) is 10.2 Å². The van der Waals surface area contributed by atoms with Gasteiger partial charge in [-0.2, -0.15) is 10.0 Å². The molecular formula is C6H7N3O2. The summed E-state index contributed by atoms with van der Waals surface area (Å²) < 4.78 is 0. The van der Waals surface area contributed by atoms with Crippen LogP contribution >= 0.6 is 0 Å². The Balaban J connectivity index is 2.98. The van der Waals surface area contributed by atoms with Gasteiger partial charge < -0.3 is 0 Å². The number of rotatable bonds is 2. The summed E-state index contributed by atoms with van der Waals surface area (Å²) in [4.78, 5) is 20.5. The summed E-state index contributed by atoms with van der Waals surface area (Å²) in [6.45, 7) is 1.60. The third-order valence-corrected chi connectivity index (χ3v) is 1.29. The van der Waals surface area contributed by atoms with E-state index in [9.17, 15) is 9.70 Å². The van der Waals surface area contributed by atoms with Crippen molar-refractivity contribution >= 4 is 0 Å². The first-order valence-electron chi connectivity index (χ1n) is 3.12. The quantitative estimate of drug-likeness (QED) is 0.632. The van der Waals surface area contributed by atoms with Crippen LogP contribution in [0.25, 0.3) is 0 Å². The highest BCUT2D eigenvalue weighted by Crippen LogP contribution is 2.09. The Morgan fingerprint density at radius 3 is 2.82 bits per heavy atom. The lowest BCUT2D eigenvalue weighted by molar-refractivity contribution is 0.742. The lowest BCUT2D eigenvalue weighted by Gasteiger charge is -1.97.